The Balaban J connectivity index is 1.46. The first-order chi connectivity index (χ1) is 19.7. The summed E-state index contributed by atoms with van der Waals surface area (Å²) in [5.41, 5.74) is 11.9. The first-order valence-electron chi connectivity index (χ1n) is 13.9. The van der Waals surface area contributed by atoms with E-state index in [-0.39, 0.29) is 0 Å². The lowest BCUT2D eigenvalue weighted by atomic mass is 9.66. The van der Waals surface area contributed by atoms with E-state index < -0.39 is 5.41 Å². The number of hydrogen-bond donors (Lipinski definition) is 0. The third-order valence-corrected chi connectivity index (χ3v) is 8.93. The molecular formula is C38H25NO. The van der Waals surface area contributed by atoms with Gasteiger partial charge >= 0.3 is 0 Å². The summed E-state index contributed by atoms with van der Waals surface area (Å²) in [4.78, 5) is 0. The Morgan fingerprint density at radius 1 is 0.500 bits per heavy atom. The third kappa shape index (κ3) is 2.63. The van der Waals surface area contributed by atoms with Crippen molar-refractivity contribution in [2.45, 2.75) is 12.3 Å². The van der Waals surface area contributed by atoms with Gasteiger partial charge in [-0.2, -0.15) is 0 Å². The van der Waals surface area contributed by atoms with E-state index in [4.69, 9.17) is 4.74 Å². The number of para-hydroxylation sites is 2. The lowest BCUT2D eigenvalue weighted by Crippen LogP contribution is -2.32. The van der Waals surface area contributed by atoms with Gasteiger partial charge in [-0.15, -0.1) is 0 Å². The normalized spacial score (nSPS) is 14.0. The summed E-state index contributed by atoms with van der Waals surface area (Å²) < 4.78 is 9.17. The zero-order chi connectivity index (χ0) is 26.4. The van der Waals surface area contributed by atoms with Crippen molar-refractivity contribution in [2.75, 3.05) is 0 Å². The highest BCUT2D eigenvalue weighted by atomic mass is 16.5. The van der Waals surface area contributed by atoms with Gasteiger partial charge in [-0.05, 0) is 59.5 Å². The van der Waals surface area contributed by atoms with Crippen LogP contribution in [0.3, 0.4) is 0 Å². The highest BCUT2D eigenvalue weighted by molar-refractivity contribution is 6.10. The first kappa shape index (κ1) is 21.8. The molecule has 1 aliphatic carbocycles. The Hall–Kier alpha value is -5.08. The molecule has 2 aliphatic rings. The first-order valence-corrected chi connectivity index (χ1v) is 13.9. The molecule has 0 unspecified atom stereocenters. The van der Waals surface area contributed by atoms with E-state index in [1.807, 2.05) is 0 Å². The topological polar surface area (TPSA) is 14.2 Å². The summed E-state index contributed by atoms with van der Waals surface area (Å²) >= 11 is 0. The molecule has 0 N–H and O–H groups in total. The molecule has 0 radical (unpaired) electrons. The van der Waals surface area contributed by atoms with Crippen molar-refractivity contribution < 1.29 is 4.74 Å². The molecule has 7 aromatic rings. The summed E-state index contributed by atoms with van der Waals surface area (Å²) in [6.07, 6.45) is 0. The number of nitrogens with zero attached hydrogens (tertiary/aromatic N) is 1. The van der Waals surface area contributed by atoms with Crippen LogP contribution in [0, 0.1) is 6.92 Å². The van der Waals surface area contributed by atoms with Crippen molar-refractivity contribution in [3.63, 3.8) is 0 Å². The number of fused-ring (bicyclic) bond motifs is 12. The molecule has 1 spiro atoms. The fraction of sp³-hybridized carbons (Fsp3) is 0.0526. The summed E-state index contributed by atoms with van der Waals surface area (Å²) in [6.45, 7) is 2.13. The highest BCUT2D eigenvalue weighted by Crippen LogP contribution is 2.62. The zero-order valence-corrected chi connectivity index (χ0v) is 22.1. The Bertz CT molecular complexity index is 2100. The van der Waals surface area contributed by atoms with Gasteiger partial charge < -0.3 is 9.30 Å². The standard InChI is InChI=1S/C38H25NO/c1-24-18-20-25(21-19-24)39-34-16-8-4-12-28(34)29-22-33-37(23-35(29)39)40-36-17-9-7-15-32(36)38(33)30-13-5-2-10-26(30)27-11-3-6-14-31(27)38/h2-23H,1H3. The maximum Gasteiger partial charge on any atom is 0.134 e. The van der Waals surface area contributed by atoms with Crippen molar-refractivity contribution in [3.8, 4) is 28.3 Å². The van der Waals surface area contributed by atoms with Gasteiger partial charge in [0.1, 0.15) is 11.5 Å². The molecule has 0 fully saturated rings. The second-order valence-electron chi connectivity index (χ2n) is 11.0. The molecule has 2 heterocycles. The van der Waals surface area contributed by atoms with Crippen LogP contribution >= 0.6 is 0 Å². The molecule has 2 nitrogen and oxygen atoms in total. The van der Waals surface area contributed by atoms with Gasteiger partial charge in [0.15, 0.2) is 0 Å². The van der Waals surface area contributed by atoms with E-state index in [0.717, 1.165) is 22.7 Å². The molecule has 1 aromatic heterocycles. The maximum atomic E-state index is 6.79. The fourth-order valence-electron chi connectivity index (χ4n) is 7.29. The molecule has 188 valence electrons. The van der Waals surface area contributed by atoms with Crippen LogP contribution < -0.4 is 4.74 Å². The minimum absolute atomic E-state index is 0.460. The van der Waals surface area contributed by atoms with Crippen LogP contribution in [0.5, 0.6) is 11.5 Å². The van der Waals surface area contributed by atoms with Gasteiger partial charge in [0.2, 0.25) is 0 Å². The minimum atomic E-state index is -0.460. The van der Waals surface area contributed by atoms with Crippen molar-refractivity contribution in [2.24, 2.45) is 0 Å². The molecule has 0 saturated carbocycles. The molecule has 40 heavy (non-hydrogen) atoms. The second kappa shape index (κ2) is 7.74. The second-order valence-corrected chi connectivity index (χ2v) is 11.0. The van der Waals surface area contributed by atoms with Crippen LogP contribution in [-0.2, 0) is 5.41 Å². The zero-order valence-electron chi connectivity index (χ0n) is 22.1. The van der Waals surface area contributed by atoms with E-state index in [1.54, 1.807) is 0 Å². The average molecular weight is 512 g/mol. The fourth-order valence-corrected chi connectivity index (χ4v) is 7.29. The van der Waals surface area contributed by atoms with Crippen molar-refractivity contribution in [1.82, 2.24) is 4.57 Å². The van der Waals surface area contributed by atoms with E-state index >= 15 is 0 Å². The number of aromatic nitrogens is 1. The monoisotopic (exact) mass is 511 g/mol. The SMILES string of the molecule is Cc1ccc(-n2c3ccccc3c3cc4c(cc32)Oc2ccccc2C42c3ccccc3-c3ccccc32)cc1. The van der Waals surface area contributed by atoms with Crippen molar-refractivity contribution in [1.29, 1.82) is 0 Å². The van der Waals surface area contributed by atoms with Crippen LogP contribution in [-0.4, -0.2) is 4.57 Å². The van der Waals surface area contributed by atoms with Gasteiger partial charge in [0.05, 0.1) is 16.4 Å². The molecule has 6 aromatic carbocycles. The van der Waals surface area contributed by atoms with Gasteiger partial charge in [0, 0.05) is 33.7 Å². The number of hydrogen-bond acceptors (Lipinski definition) is 1. The number of rotatable bonds is 1. The Kier molecular flexibility index (Phi) is 4.22. The third-order valence-electron chi connectivity index (χ3n) is 8.93. The van der Waals surface area contributed by atoms with Crippen LogP contribution in [0.4, 0.5) is 0 Å². The molecule has 0 bridgehead atoms. The van der Waals surface area contributed by atoms with Crippen LogP contribution in [0.15, 0.2) is 133 Å². The van der Waals surface area contributed by atoms with Crippen LogP contribution in [0.25, 0.3) is 38.6 Å². The Labute approximate surface area is 232 Å². The maximum absolute atomic E-state index is 6.79. The van der Waals surface area contributed by atoms with Crippen molar-refractivity contribution >= 4 is 21.8 Å². The average Bonchev–Trinajstić information content (AvgIpc) is 3.48. The van der Waals surface area contributed by atoms with Gasteiger partial charge in [-0.25, -0.2) is 0 Å². The molecule has 0 atom stereocenters. The van der Waals surface area contributed by atoms with E-state index in [0.29, 0.717) is 0 Å². The molecular weight excluding hydrogens is 486 g/mol. The van der Waals surface area contributed by atoms with Gasteiger partial charge in [-0.1, -0.05) is 103 Å². The van der Waals surface area contributed by atoms with E-state index in [2.05, 4.69) is 145 Å². The lowest BCUT2D eigenvalue weighted by molar-refractivity contribution is 0.437. The van der Waals surface area contributed by atoms with Gasteiger partial charge in [-0.3, -0.25) is 0 Å². The summed E-state index contributed by atoms with van der Waals surface area (Å²) in [7, 11) is 0. The number of benzene rings is 6. The highest BCUT2D eigenvalue weighted by Gasteiger charge is 2.51. The van der Waals surface area contributed by atoms with Crippen LogP contribution in [0.1, 0.15) is 27.8 Å². The molecule has 2 heteroatoms. The quantitative estimate of drug-likeness (QED) is 0.214. The molecule has 0 amide bonds. The largest absolute Gasteiger partial charge is 0.457 e. The number of aryl methyl sites for hydroxylation is 1. The lowest BCUT2D eigenvalue weighted by Gasteiger charge is -2.39. The smallest absolute Gasteiger partial charge is 0.134 e. The summed E-state index contributed by atoms with van der Waals surface area (Å²) in [5, 5.41) is 2.48. The molecule has 9 rings (SSSR count). The van der Waals surface area contributed by atoms with Crippen LogP contribution in [0.2, 0.25) is 0 Å². The minimum Gasteiger partial charge on any atom is -0.457 e. The predicted molar refractivity (Wildman–Crippen MR) is 163 cm³/mol. The summed E-state index contributed by atoms with van der Waals surface area (Å²) in [5.74, 6) is 1.83. The predicted octanol–water partition coefficient (Wildman–Crippen LogP) is 9.56. The molecule has 0 saturated heterocycles. The van der Waals surface area contributed by atoms with E-state index in [1.165, 1.54) is 55.2 Å². The van der Waals surface area contributed by atoms with Crippen molar-refractivity contribution in [3.05, 3.63) is 161 Å². The summed E-state index contributed by atoms with van der Waals surface area (Å²) in [6, 6.07) is 48.6. The Morgan fingerprint density at radius 2 is 1.12 bits per heavy atom. The number of ether oxygens (including phenoxy) is 1. The van der Waals surface area contributed by atoms with Gasteiger partial charge in [0.25, 0.3) is 0 Å². The van der Waals surface area contributed by atoms with E-state index in [9.17, 15) is 0 Å². The molecule has 1 aliphatic heterocycles. The Morgan fingerprint density at radius 3 is 1.88 bits per heavy atom.